The van der Waals surface area contributed by atoms with Crippen LogP contribution in [-0.4, -0.2) is 0 Å². The summed E-state index contributed by atoms with van der Waals surface area (Å²) in [6.07, 6.45) is 5.63. The Morgan fingerprint density at radius 3 is 2.29 bits per heavy atom. The molecule has 0 atom stereocenters. The minimum Gasteiger partial charge on any atom is -0.207 e. The van der Waals surface area contributed by atoms with Crippen LogP contribution >= 0.6 is 0 Å². The standard InChI is InChI=1S/C21H19F3/c1-4-8-14(3)17(5-2)18-10-7-6-9-15(18)11-19-20(23)12-16(22)13-21(19)24/h4-10,12-13H,2,11H2,1,3H3/b8-4-,17-14+. The monoisotopic (exact) mass is 328 g/mol. The van der Waals surface area contributed by atoms with Gasteiger partial charge in [0.25, 0.3) is 0 Å². The van der Waals surface area contributed by atoms with Gasteiger partial charge >= 0.3 is 0 Å². The van der Waals surface area contributed by atoms with Gasteiger partial charge < -0.3 is 0 Å². The van der Waals surface area contributed by atoms with E-state index in [0.29, 0.717) is 12.1 Å². The van der Waals surface area contributed by atoms with Crippen LogP contribution in [-0.2, 0) is 6.42 Å². The van der Waals surface area contributed by atoms with Crippen molar-refractivity contribution >= 4 is 5.57 Å². The number of halogens is 3. The molecule has 0 aliphatic carbocycles. The van der Waals surface area contributed by atoms with Crippen molar-refractivity contribution < 1.29 is 13.2 Å². The third kappa shape index (κ3) is 3.85. The minimum absolute atomic E-state index is 0.0363. The second kappa shape index (κ2) is 7.82. The van der Waals surface area contributed by atoms with Gasteiger partial charge in [0.2, 0.25) is 0 Å². The summed E-state index contributed by atoms with van der Waals surface area (Å²) < 4.78 is 41.0. The number of hydrogen-bond acceptors (Lipinski definition) is 0. The van der Waals surface area contributed by atoms with Crippen LogP contribution < -0.4 is 0 Å². The first kappa shape index (κ1) is 17.8. The highest BCUT2D eigenvalue weighted by molar-refractivity contribution is 5.79. The molecule has 0 heterocycles. The van der Waals surface area contributed by atoms with E-state index in [-0.39, 0.29) is 12.0 Å². The van der Waals surface area contributed by atoms with Gasteiger partial charge in [0.15, 0.2) is 0 Å². The fourth-order valence-corrected chi connectivity index (χ4v) is 2.69. The Morgan fingerprint density at radius 1 is 1.08 bits per heavy atom. The normalized spacial score (nSPS) is 12.4. The minimum atomic E-state index is -0.919. The Bertz CT molecular complexity index is 791. The fraction of sp³-hybridized carbons (Fsp3) is 0.143. The maximum Gasteiger partial charge on any atom is 0.132 e. The second-order valence-electron chi connectivity index (χ2n) is 5.48. The summed E-state index contributed by atoms with van der Waals surface area (Å²) in [5.41, 5.74) is 3.36. The van der Waals surface area contributed by atoms with Crippen LogP contribution in [0.3, 0.4) is 0 Å². The molecular formula is C21H19F3. The molecule has 0 N–H and O–H groups in total. The van der Waals surface area contributed by atoms with Crippen LogP contribution in [0.15, 0.2) is 66.8 Å². The van der Waals surface area contributed by atoms with Crippen LogP contribution in [0.2, 0.25) is 0 Å². The van der Waals surface area contributed by atoms with Gasteiger partial charge in [-0.2, -0.15) is 0 Å². The molecule has 0 aromatic heterocycles. The van der Waals surface area contributed by atoms with E-state index in [2.05, 4.69) is 6.58 Å². The van der Waals surface area contributed by atoms with Crippen molar-refractivity contribution in [3.05, 3.63) is 101 Å². The first-order chi connectivity index (χ1) is 11.5. The topological polar surface area (TPSA) is 0 Å². The average molecular weight is 328 g/mol. The Morgan fingerprint density at radius 2 is 1.71 bits per heavy atom. The van der Waals surface area contributed by atoms with E-state index in [1.807, 2.05) is 50.3 Å². The van der Waals surface area contributed by atoms with E-state index in [4.69, 9.17) is 0 Å². The van der Waals surface area contributed by atoms with E-state index in [1.54, 1.807) is 6.08 Å². The maximum atomic E-state index is 14.0. The van der Waals surface area contributed by atoms with Crippen LogP contribution in [0.4, 0.5) is 13.2 Å². The molecule has 0 spiro atoms. The molecule has 0 fully saturated rings. The fourth-order valence-electron chi connectivity index (χ4n) is 2.69. The average Bonchev–Trinajstić information content (AvgIpc) is 2.53. The van der Waals surface area contributed by atoms with Crippen molar-refractivity contribution in [1.29, 1.82) is 0 Å². The van der Waals surface area contributed by atoms with Crippen molar-refractivity contribution in [1.82, 2.24) is 0 Å². The molecule has 2 rings (SSSR count). The van der Waals surface area contributed by atoms with Crippen LogP contribution in [0.25, 0.3) is 5.57 Å². The zero-order valence-corrected chi connectivity index (χ0v) is 13.7. The van der Waals surface area contributed by atoms with Gasteiger partial charge in [-0.15, -0.1) is 0 Å². The molecule has 24 heavy (non-hydrogen) atoms. The molecule has 0 saturated heterocycles. The first-order valence-electron chi connectivity index (χ1n) is 7.65. The third-order valence-corrected chi connectivity index (χ3v) is 3.83. The molecule has 124 valence electrons. The van der Waals surface area contributed by atoms with Gasteiger partial charge in [0.1, 0.15) is 17.5 Å². The molecule has 0 unspecified atom stereocenters. The molecule has 0 aliphatic heterocycles. The van der Waals surface area contributed by atoms with Gasteiger partial charge in [-0.1, -0.05) is 49.1 Å². The van der Waals surface area contributed by atoms with E-state index >= 15 is 0 Å². The summed E-state index contributed by atoms with van der Waals surface area (Å²) in [7, 11) is 0. The molecule has 0 saturated carbocycles. The molecule has 0 nitrogen and oxygen atoms in total. The lowest BCUT2D eigenvalue weighted by Crippen LogP contribution is -2.01. The van der Waals surface area contributed by atoms with Crippen molar-refractivity contribution in [2.75, 3.05) is 0 Å². The highest BCUT2D eigenvalue weighted by Gasteiger charge is 2.15. The van der Waals surface area contributed by atoms with E-state index < -0.39 is 17.5 Å². The molecule has 0 bridgehead atoms. The number of rotatable bonds is 5. The van der Waals surface area contributed by atoms with Crippen molar-refractivity contribution in [3.63, 3.8) is 0 Å². The summed E-state index contributed by atoms with van der Waals surface area (Å²) in [5.74, 6) is -2.68. The molecular weight excluding hydrogens is 309 g/mol. The molecule has 0 radical (unpaired) electrons. The Labute approximate surface area is 140 Å². The summed E-state index contributed by atoms with van der Waals surface area (Å²) in [6, 6.07) is 8.78. The third-order valence-electron chi connectivity index (χ3n) is 3.83. The molecule has 0 amide bonds. The van der Waals surface area contributed by atoms with Gasteiger partial charge in [0, 0.05) is 24.1 Å². The van der Waals surface area contributed by atoms with Gasteiger partial charge in [0.05, 0.1) is 0 Å². The van der Waals surface area contributed by atoms with Crippen LogP contribution in [0, 0.1) is 17.5 Å². The van der Waals surface area contributed by atoms with E-state index in [0.717, 1.165) is 22.3 Å². The second-order valence-corrected chi connectivity index (χ2v) is 5.48. The van der Waals surface area contributed by atoms with Crippen LogP contribution in [0.5, 0.6) is 0 Å². The highest BCUT2D eigenvalue weighted by Crippen LogP contribution is 2.27. The van der Waals surface area contributed by atoms with Crippen molar-refractivity contribution in [2.24, 2.45) is 0 Å². The molecule has 2 aromatic rings. The predicted molar refractivity (Wildman–Crippen MR) is 93.2 cm³/mol. The van der Waals surface area contributed by atoms with Crippen molar-refractivity contribution in [2.45, 2.75) is 20.3 Å². The SMILES string of the molecule is C=C/C(=C(C)\C=C/C)c1ccccc1Cc1c(F)cc(F)cc1F. The molecule has 2 aromatic carbocycles. The summed E-state index contributed by atoms with van der Waals surface area (Å²) >= 11 is 0. The number of allylic oxidation sites excluding steroid dienone is 5. The summed E-state index contributed by atoms with van der Waals surface area (Å²) in [4.78, 5) is 0. The predicted octanol–water partition coefficient (Wildman–Crippen LogP) is 6.23. The van der Waals surface area contributed by atoms with Crippen LogP contribution in [0.1, 0.15) is 30.5 Å². The lowest BCUT2D eigenvalue weighted by Gasteiger charge is -2.13. The van der Waals surface area contributed by atoms with E-state index in [9.17, 15) is 13.2 Å². The summed E-state index contributed by atoms with van der Waals surface area (Å²) in [5, 5.41) is 0. The Kier molecular flexibility index (Phi) is 5.80. The number of hydrogen-bond donors (Lipinski definition) is 0. The van der Waals surface area contributed by atoms with E-state index in [1.165, 1.54) is 0 Å². The highest BCUT2D eigenvalue weighted by atomic mass is 19.1. The van der Waals surface area contributed by atoms with Gasteiger partial charge in [-0.05, 0) is 36.1 Å². The Hall–Kier alpha value is -2.55. The molecule has 3 heteroatoms. The van der Waals surface area contributed by atoms with Gasteiger partial charge in [-0.3, -0.25) is 0 Å². The van der Waals surface area contributed by atoms with Crippen molar-refractivity contribution in [3.8, 4) is 0 Å². The number of benzene rings is 2. The Balaban J connectivity index is 2.55. The largest absolute Gasteiger partial charge is 0.207 e. The zero-order valence-electron chi connectivity index (χ0n) is 13.7. The lowest BCUT2D eigenvalue weighted by molar-refractivity contribution is 0.527. The zero-order chi connectivity index (χ0) is 17.7. The smallest absolute Gasteiger partial charge is 0.132 e. The first-order valence-corrected chi connectivity index (χ1v) is 7.65. The molecule has 0 aliphatic rings. The lowest BCUT2D eigenvalue weighted by atomic mass is 9.92. The summed E-state index contributed by atoms with van der Waals surface area (Å²) in [6.45, 7) is 7.71. The maximum absolute atomic E-state index is 14.0. The quantitative estimate of drug-likeness (QED) is 0.571. The van der Waals surface area contributed by atoms with Gasteiger partial charge in [-0.25, -0.2) is 13.2 Å².